The fourth-order valence-corrected chi connectivity index (χ4v) is 9.69. The van der Waals surface area contributed by atoms with Crippen molar-refractivity contribution in [3.05, 3.63) is 23.3 Å². The summed E-state index contributed by atoms with van der Waals surface area (Å²) in [6, 6.07) is -1.12. The number of amides is 1. The van der Waals surface area contributed by atoms with E-state index in [-0.39, 0.29) is 54.9 Å². The van der Waals surface area contributed by atoms with Gasteiger partial charge in [0.2, 0.25) is 5.79 Å². The van der Waals surface area contributed by atoms with Crippen LogP contribution >= 0.6 is 11.6 Å². The fourth-order valence-electron chi connectivity index (χ4n) is 9.36. The number of carbonyl (C=O) groups excluding carboxylic acids is 4. The standard InChI is InChI=1S/C43H68ClNO11/c1-10-30-18-24(2)17-25(3)19-36(53-8)39-37(54-9)21-27(5)43(51,56-39)40(48)41(49)45-16-12-11-13-32(45)42(50)55-38(28(6)33(46)23-34(30)47)26(4)20-29-14-15-31(44)35(22-29)52-7/h18,20,25,27-33,35-39,46,51H,10-17,19,21-23H2,1-9H3/b24-18+,26-20+/t25-,27-,28-,29+,30+,31+,32-,33+,35-,36+,37+,38-,39-,43-/m1/s1. The zero-order valence-electron chi connectivity index (χ0n) is 35.0. The topological polar surface area (TPSA) is 158 Å². The number of fused-ring (bicyclic) bond motifs is 3. The third kappa shape index (κ3) is 10.9. The van der Waals surface area contributed by atoms with Crippen LogP contribution in [-0.2, 0) is 42.9 Å². The summed E-state index contributed by atoms with van der Waals surface area (Å²) >= 11 is 6.52. The van der Waals surface area contributed by atoms with Crippen LogP contribution in [0, 0.1) is 29.6 Å². The number of carbonyl (C=O) groups is 4. The van der Waals surface area contributed by atoms with Gasteiger partial charge in [0.05, 0.1) is 29.8 Å². The fraction of sp³-hybridized carbons (Fsp3) is 0.814. The molecule has 0 unspecified atom stereocenters. The Morgan fingerprint density at radius 3 is 2.27 bits per heavy atom. The van der Waals surface area contributed by atoms with Crippen molar-refractivity contribution >= 4 is 35.0 Å². The highest BCUT2D eigenvalue weighted by molar-refractivity contribution is 6.39. The number of rotatable bonds is 6. The Bertz CT molecular complexity index is 1440. The second kappa shape index (κ2) is 20.7. The van der Waals surface area contributed by atoms with E-state index in [4.69, 9.17) is 35.3 Å². The molecule has 3 heterocycles. The quantitative estimate of drug-likeness (QED) is 0.146. The molecule has 4 aliphatic rings. The van der Waals surface area contributed by atoms with Crippen LogP contribution in [0.4, 0.5) is 0 Å². The molecular formula is C43H68ClNO11. The molecule has 2 N–H and O–H groups in total. The summed E-state index contributed by atoms with van der Waals surface area (Å²) < 4.78 is 29.9. The minimum Gasteiger partial charge on any atom is -0.456 e. The molecule has 318 valence electrons. The molecule has 0 aromatic carbocycles. The van der Waals surface area contributed by atoms with E-state index in [2.05, 4.69) is 6.92 Å². The van der Waals surface area contributed by atoms with Gasteiger partial charge in [-0.3, -0.25) is 14.4 Å². The summed E-state index contributed by atoms with van der Waals surface area (Å²) in [5.74, 6) is -7.31. The zero-order chi connectivity index (χ0) is 41.5. The highest BCUT2D eigenvalue weighted by atomic mass is 35.5. The van der Waals surface area contributed by atoms with Crippen molar-refractivity contribution in [2.75, 3.05) is 27.9 Å². The van der Waals surface area contributed by atoms with E-state index in [1.165, 1.54) is 19.1 Å². The SMILES string of the molecule is CC[C@H]1/C=C(\C)C[C@@H](C)C[C@H](OC)[C@H]2O[C@@](O)(C(=O)C(=O)N3CCCC[C@@H]3C(=O)O[C@H](/C(C)=C/[C@@H]3CC[C@H](Cl)[C@H](OC)C3)[C@H](C)[C@@H](O)CC1=O)[C@H](C)C[C@@H]2OC. The van der Waals surface area contributed by atoms with Crippen LogP contribution in [0.1, 0.15) is 112 Å². The molecule has 1 amide bonds. The number of aliphatic hydroxyl groups is 2. The molecule has 1 saturated carbocycles. The number of alkyl halides is 1. The number of nitrogens with zero attached hydrogens (tertiary/aromatic N) is 1. The Hall–Kier alpha value is -2.19. The maximum absolute atomic E-state index is 14.3. The predicted octanol–water partition coefficient (Wildman–Crippen LogP) is 5.72. The van der Waals surface area contributed by atoms with Gasteiger partial charge in [-0.05, 0) is 95.5 Å². The first-order valence-electron chi connectivity index (χ1n) is 20.7. The van der Waals surface area contributed by atoms with Crippen molar-refractivity contribution < 1.29 is 53.1 Å². The number of allylic oxidation sites excluding steroid dienone is 3. The lowest BCUT2D eigenvalue weighted by atomic mass is 9.82. The van der Waals surface area contributed by atoms with Crippen molar-refractivity contribution in [3.63, 3.8) is 0 Å². The van der Waals surface area contributed by atoms with E-state index >= 15 is 0 Å². The molecule has 2 saturated heterocycles. The summed E-state index contributed by atoms with van der Waals surface area (Å²) in [4.78, 5) is 57.7. The number of hydrogen-bond donors (Lipinski definition) is 2. The third-order valence-electron chi connectivity index (χ3n) is 12.8. The van der Waals surface area contributed by atoms with Gasteiger partial charge in [-0.2, -0.15) is 0 Å². The molecule has 56 heavy (non-hydrogen) atoms. The number of piperidine rings is 1. The average Bonchev–Trinajstić information content (AvgIpc) is 3.18. The Morgan fingerprint density at radius 2 is 1.62 bits per heavy atom. The minimum atomic E-state index is -2.49. The number of Topliss-reactive ketones (excluding diaryl/α,β-unsaturated/α-hetero) is 2. The van der Waals surface area contributed by atoms with E-state index < -0.39 is 77.8 Å². The number of ketones is 2. The highest BCUT2D eigenvalue weighted by Crippen LogP contribution is 2.39. The Balaban J connectivity index is 1.76. The molecule has 0 spiro atoms. The maximum Gasteiger partial charge on any atom is 0.329 e. The summed E-state index contributed by atoms with van der Waals surface area (Å²) in [7, 11) is 4.71. The summed E-state index contributed by atoms with van der Waals surface area (Å²) in [5, 5.41) is 23.6. The van der Waals surface area contributed by atoms with E-state index in [1.807, 2.05) is 32.9 Å². The maximum atomic E-state index is 14.3. The summed E-state index contributed by atoms with van der Waals surface area (Å²) in [6.45, 7) is 11.3. The number of cyclic esters (lactones) is 1. The summed E-state index contributed by atoms with van der Waals surface area (Å²) in [6.07, 6.45) is 5.16. The number of methoxy groups -OCH3 is 3. The molecule has 14 atom stereocenters. The molecule has 4 rings (SSSR count). The molecule has 0 aromatic heterocycles. The lowest BCUT2D eigenvalue weighted by Crippen LogP contribution is -2.64. The first-order valence-corrected chi connectivity index (χ1v) is 21.2. The van der Waals surface area contributed by atoms with Gasteiger partial charge < -0.3 is 38.8 Å². The van der Waals surface area contributed by atoms with E-state index in [1.54, 1.807) is 21.0 Å². The highest BCUT2D eigenvalue weighted by Gasteiger charge is 2.56. The predicted molar refractivity (Wildman–Crippen MR) is 212 cm³/mol. The zero-order valence-corrected chi connectivity index (χ0v) is 35.8. The Kier molecular flexibility index (Phi) is 17.2. The molecule has 13 heteroatoms. The largest absolute Gasteiger partial charge is 0.456 e. The van der Waals surface area contributed by atoms with Crippen LogP contribution in [0.15, 0.2) is 23.3 Å². The van der Waals surface area contributed by atoms with Crippen molar-refractivity contribution in [1.29, 1.82) is 0 Å². The molecule has 2 bridgehead atoms. The molecule has 0 aromatic rings. The van der Waals surface area contributed by atoms with Crippen molar-refractivity contribution in [1.82, 2.24) is 4.90 Å². The van der Waals surface area contributed by atoms with Gasteiger partial charge >= 0.3 is 5.97 Å². The number of aliphatic hydroxyl groups excluding tert-OH is 1. The monoisotopic (exact) mass is 809 g/mol. The van der Waals surface area contributed by atoms with Crippen LogP contribution in [0.2, 0.25) is 0 Å². The summed E-state index contributed by atoms with van der Waals surface area (Å²) in [5.41, 5.74) is 1.71. The van der Waals surface area contributed by atoms with Crippen LogP contribution in [0.25, 0.3) is 0 Å². The van der Waals surface area contributed by atoms with E-state index in [0.717, 1.165) is 18.4 Å². The van der Waals surface area contributed by atoms with Gasteiger partial charge in [-0.25, -0.2) is 4.79 Å². The van der Waals surface area contributed by atoms with E-state index in [0.29, 0.717) is 44.1 Å². The van der Waals surface area contributed by atoms with Crippen LogP contribution in [-0.4, -0.2) is 120 Å². The van der Waals surface area contributed by atoms with Crippen LogP contribution < -0.4 is 0 Å². The molecule has 1 aliphatic carbocycles. The van der Waals surface area contributed by atoms with Gasteiger partial charge in [0.25, 0.3) is 11.7 Å². The smallest absolute Gasteiger partial charge is 0.329 e. The lowest BCUT2D eigenvalue weighted by Gasteiger charge is -2.47. The molecule has 0 radical (unpaired) electrons. The Morgan fingerprint density at radius 1 is 0.964 bits per heavy atom. The third-order valence-corrected chi connectivity index (χ3v) is 13.3. The van der Waals surface area contributed by atoms with Crippen LogP contribution in [0.5, 0.6) is 0 Å². The minimum absolute atomic E-state index is 0.0425. The number of esters is 1. The second-order valence-electron chi connectivity index (χ2n) is 17.1. The van der Waals surface area contributed by atoms with Crippen molar-refractivity contribution in [2.24, 2.45) is 29.6 Å². The molecular weight excluding hydrogens is 742 g/mol. The van der Waals surface area contributed by atoms with E-state index in [9.17, 15) is 29.4 Å². The second-order valence-corrected chi connectivity index (χ2v) is 17.7. The van der Waals surface area contributed by atoms with Crippen molar-refractivity contribution in [2.45, 2.75) is 166 Å². The molecule has 3 aliphatic heterocycles. The van der Waals surface area contributed by atoms with Gasteiger partial charge in [-0.1, -0.05) is 45.4 Å². The first kappa shape index (κ1) is 46.5. The van der Waals surface area contributed by atoms with Gasteiger partial charge in [0.15, 0.2) is 0 Å². The van der Waals surface area contributed by atoms with Gasteiger partial charge in [0, 0.05) is 52.0 Å². The normalized spacial score (nSPS) is 41.6. The number of ether oxygens (including phenoxy) is 5. The number of halogens is 1. The lowest BCUT2D eigenvalue weighted by molar-refractivity contribution is -0.302. The number of hydrogen-bond acceptors (Lipinski definition) is 11. The van der Waals surface area contributed by atoms with Gasteiger partial charge in [0.1, 0.15) is 24.0 Å². The molecule has 3 fully saturated rings. The molecule has 12 nitrogen and oxygen atoms in total. The first-order chi connectivity index (χ1) is 26.5. The van der Waals surface area contributed by atoms with Gasteiger partial charge in [-0.15, -0.1) is 11.6 Å². The average molecular weight is 810 g/mol. The van der Waals surface area contributed by atoms with Crippen molar-refractivity contribution in [3.8, 4) is 0 Å². The van der Waals surface area contributed by atoms with Crippen LogP contribution in [0.3, 0.4) is 0 Å². The Labute approximate surface area is 339 Å².